The fraction of sp³-hybridized carbons (Fsp3) is 0.800. The number of hydrogen-bond acceptors (Lipinski definition) is 3. The van der Waals surface area contributed by atoms with Crippen molar-refractivity contribution in [2.24, 2.45) is 5.92 Å². The second-order valence-corrected chi connectivity index (χ2v) is 6.70. The van der Waals surface area contributed by atoms with Crippen molar-refractivity contribution in [2.45, 2.75) is 65.0 Å². The van der Waals surface area contributed by atoms with E-state index < -0.39 is 6.04 Å². The highest BCUT2D eigenvalue weighted by atomic mass is 16.2. The van der Waals surface area contributed by atoms with Crippen molar-refractivity contribution in [3.05, 3.63) is 0 Å². The molecule has 0 aromatic carbocycles. The van der Waals surface area contributed by atoms with E-state index >= 15 is 0 Å². The van der Waals surface area contributed by atoms with Crippen LogP contribution in [0.3, 0.4) is 0 Å². The fourth-order valence-corrected chi connectivity index (χ4v) is 1.81. The van der Waals surface area contributed by atoms with E-state index in [-0.39, 0.29) is 29.2 Å². The minimum Gasteiger partial charge on any atom is -0.356 e. The number of carbonyl (C=O) groups excluding carboxylic acids is 3. The van der Waals surface area contributed by atoms with Crippen LogP contribution >= 0.6 is 0 Å². The summed E-state index contributed by atoms with van der Waals surface area (Å²) < 4.78 is 0. The van der Waals surface area contributed by atoms with Crippen LogP contribution in [-0.4, -0.2) is 35.8 Å². The Morgan fingerprint density at radius 3 is 2.33 bits per heavy atom. The molecule has 6 nitrogen and oxygen atoms in total. The molecule has 0 saturated heterocycles. The van der Waals surface area contributed by atoms with E-state index in [0.29, 0.717) is 19.4 Å². The molecular formula is C15H27N3O3. The quantitative estimate of drug-likeness (QED) is 0.605. The first kappa shape index (κ1) is 17.5. The van der Waals surface area contributed by atoms with Crippen LogP contribution in [0.2, 0.25) is 0 Å². The summed E-state index contributed by atoms with van der Waals surface area (Å²) in [5.74, 6) is -0.0848. The molecule has 1 saturated carbocycles. The van der Waals surface area contributed by atoms with Gasteiger partial charge in [0, 0.05) is 24.4 Å². The van der Waals surface area contributed by atoms with Gasteiger partial charge < -0.3 is 16.0 Å². The largest absolute Gasteiger partial charge is 0.356 e. The first-order chi connectivity index (χ1) is 9.69. The van der Waals surface area contributed by atoms with Gasteiger partial charge in [0.1, 0.15) is 6.04 Å². The van der Waals surface area contributed by atoms with Crippen LogP contribution in [0.4, 0.5) is 0 Å². The lowest BCUT2D eigenvalue weighted by Crippen LogP contribution is -2.50. The zero-order valence-electron chi connectivity index (χ0n) is 13.4. The Labute approximate surface area is 126 Å². The van der Waals surface area contributed by atoms with Gasteiger partial charge in [-0.15, -0.1) is 0 Å². The summed E-state index contributed by atoms with van der Waals surface area (Å²) in [6.45, 7) is 7.84. The van der Waals surface area contributed by atoms with E-state index in [0.717, 1.165) is 12.8 Å². The van der Waals surface area contributed by atoms with Gasteiger partial charge in [-0.3, -0.25) is 14.4 Å². The molecule has 0 radical (unpaired) electrons. The van der Waals surface area contributed by atoms with Crippen molar-refractivity contribution in [3.8, 4) is 0 Å². The molecule has 3 N–H and O–H groups in total. The van der Waals surface area contributed by atoms with Crippen LogP contribution in [0, 0.1) is 5.92 Å². The molecule has 0 aliphatic heterocycles. The number of rotatable bonds is 7. The SMILES string of the molecule is CC(NC(=O)CCCNC(=O)C1CC1)C(=O)NC(C)(C)C. The highest BCUT2D eigenvalue weighted by Gasteiger charge is 2.29. The predicted molar refractivity (Wildman–Crippen MR) is 80.5 cm³/mol. The minimum atomic E-state index is -0.558. The van der Waals surface area contributed by atoms with Crippen molar-refractivity contribution in [1.29, 1.82) is 0 Å². The van der Waals surface area contributed by atoms with Gasteiger partial charge in [0.15, 0.2) is 0 Å². The molecule has 120 valence electrons. The van der Waals surface area contributed by atoms with Crippen LogP contribution < -0.4 is 16.0 Å². The van der Waals surface area contributed by atoms with E-state index in [4.69, 9.17) is 0 Å². The number of amides is 3. The Morgan fingerprint density at radius 1 is 1.19 bits per heavy atom. The molecule has 3 amide bonds. The number of hydrogen-bond donors (Lipinski definition) is 3. The Morgan fingerprint density at radius 2 is 1.81 bits per heavy atom. The lowest BCUT2D eigenvalue weighted by atomic mass is 10.1. The standard InChI is InChI=1S/C15H27N3O3/c1-10(13(20)18-15(2,3)4)17-12(19)6-5-9-16-14(21)11-7-8-11/h10-11H,5-9H2,1-4H3,(H,16,21)(H,17,19)(H,18,20). The van der Waals surface area contributed by atoms with Gasteiger partial charge in [-0.1, -0.05) is 0 Å². The Bertz CT molecular complexity index is 397. The van der Waals surface area contributed by atoms with Crippen molar-refractivity contribution < 1.29 is 14.4 Å². The van der Waals surface area contributed by atoms with Crippen molar-refractivity contribution in [1.82, 2.24) is 16.0 Å². The van der Waals surface area contributed by atoms with Gasteiger partial charge in [0.05, 0.1) is 0 Å². The molecule has 1 rings (SSSR count). The molecule has 0 heterocycles. The average Bonchev–Trinajstić information content (AvgIpc) is 3.16. The molecule has 0 bridgehead atoms. The van der Waals surface area contributed by atoms with Gasteiger partial charge >= 0.3 is 0 Å². The molecule has 1 fully saturated rings. The van der Waals surface area contributed by atoms with Crippen molar-refractivity contribution in [2.75, 3.05) is 6.54 Å². The summed E-state index contributed by atoms with van der Waals surface area (Å²) in [5, 5.41) is 8.29. The second kappa shape index (κ2) is 7.43. The summed E-state index contributed by atoms with van der Waals surface area (Å²) in [7, 11) is 0. The first-order valence-electron chi connectivity index (χ1n) is 7.58. The highest BCUT2D eigenvalue weighted by molar-refractivity contribution is 5.87. The monoisotopic (exact) mass is 297 g/mol. The number of carbonyl (C=O) groups is 3. The normalized spacial score (nSPS) is 16.0. The van der Waals surface area contributed by atoms with E-state index in [9.17, 15) is 14.4 Å². The molecule has 0 spiro atoms. The average molecular weight is 297 g/mol. The lowest BCUT2D eigenvalue weighted by molar-refractivity contribution is -0.129. The van der Waals surface area contributed by atoms with Crippen LogP contribution in [-0.2, 0) is 14.4 Å². The summed E-state index contributed by atoms with van der Waals surface area (Å²) in [4.78, 5) is 34.9. The molecule has 0 aromatic rings. The van der Waals surface area contributed by atoms with E-state index in [1.54, 1.807) is 6.92 Å². The van der Waals surface area contributed by atoms with Crippen LogP contribution in [0.1, 0.15) is 53.4 Å². The van der Waals surface area contributed by atoms with Gasteiger partial charge in [0.2, 0.25) is 17.7 Å². The fourth-order valence-electron chi connectivity index (χ4n) is 1.81. The predicted octanol–water partition coefficient (Wildman–Crippen LogP) is 0.712. The van der Waals surface area contributed by atoms with Crippen LogP contribution in [0.15, 0.2) is 0 Å². The summed E-state index contributed by atoms with van der Waals surface area (Å²) in [6, 6.07) is -0.558. The smallest absolute Gasteiger partial charge is 0.242 e. The lowest BCUT2D eigenvalue weighted by Gasteiger charge is -2.23. The molecule has 1 aliphatic rings. The van der Waals surface area contributed by atoms with Gasteiger partial charge in [-0.05, 0) is 47.0 Å². The van der Waals surface area contributed by atoms with E-state index in [2.05, 4.69) is 16.0 Å². The highest BCUT2D eigenvalue weighted by Crippen LogP contribution is 2.28. The van der Waals surface area contributed by atoms with Crippen LogP contribution in [0.5, 0.6) is 0 Å². The first-order valence-corrected chi connectivity index (χ1v) is 7.58. The van der Waals surface area contributed by atoms with Gasteiger partial charge in [-0.25, -0.2) is 0 Å². The van der Waals surface area contributed by atoms with E-state index in [1.807, 2.05) is 20.8 Å². The molecule has 1 unspecified atom stereocenters. The maximum atomic E-state index is 11.8. The second-order valence-electron chi connectivity index (χ2n) is 6.70. The Hall–Kier alpha value is -1.59. The number of nitrogens with one attached hydrogen (secondary N) is 3. The maximum absolute atomic E-state index is 11.8. The van der Waals surface area contributed by atoms with Gasteiger partial charge in [0.25, 0.3) is 0 Å². The zero-order valence-corrected chi connectivity index (χ0v) is 13.4. The summed E-state index contributed by atoms with van der Waals surface area (Å²) in [5.41, 5.74) is -0.316. The Kier molecular flexibility index (Phi) is 6.18. The molecule has 1 aliphatic carbocycles. The molecular weight excluding hydrogens is 270 g/mol. The Balaban J connectivity index is 2.14. The summed E-state index contributed by atoms with van der Waals surface area (Å²) >= 11 is 0. The molecule has 6 heteroatoms. The van der Waals surface area contributed by atoms with E-state index in [1.165, 1.54) is 0 Å². The van der Waals surface area contributed by atoms with Crippen molar-refractivity contribution >= 4 is 17.7 Å². The van der Waals surface area contributed by atoms with Crippen LogP contribution in [0.25, 0.3) is 0 Å². The maximum Gasteiger partial charge on any atom is 0.242 e. The third-order valence-electron chi connectivity index (χ3n) is 3.10. The zero-order chi connectivity index (χ0) is 16.0. The third kappa shape index (κ3) is 7.68. The van der Waals surface area contributed by atoms with Gasteiger partial charge in [-0.2, -0.15) is 0 Å². The topological polar surface area (TPSA) is 87.3 Å². The minimum absolute atomic E-state index is 0.0910. The third-order valence-corrected chi connectivity index (χ3v) is 3.10. The van der Waals surface area contributed by atoms with Crippen molar-refractivity contribution in [3.63, 3.8) is 0 Å². The molecule has 1 atom stereocenters. The molecule has 21 heavy (non-hydrogen) atoms. The molecule has 0 aromatic heterocycles. The summed E-state index contributed by atoms with van der Waals surface area (Å²) in [6.07, 6.45) is 2.84.